The highest BCUT2D eigenvalue weighted by molar-refractivity contribution is 5.87. The maximum absolute atomic E-state index is 8.58. The Hall–Kier alpha value is -2.38. The number of nitrogen functional groups attached to an aromatic ring is 1. The van der Waals surface area contributed by atoms with Crippen LogP contribution < -0.4 is 16.4 Å². The molecule has 3 rings (SSSR count). The Labute approximate surface area is 110 Å². The van der Waals surface area contributed by atoms with Gasteiger partial charge in [0.15, 0.2) is 5.65 Å². The number of nitrogens with zero attached hydrogens (tertiary/aromatic N) is 4. The van der Waals surface area contributed by atoms with Crippen LogP contribution in [0.25, 0.3) is 11.0 Å². The lowest BCUT2D eigenvalue weighted by Crippen LogP contribution is -2.30. The smallest absolute Gasteiger partial charge is 0.224 e. The Morgan fingerprint density at radius 3 is 2.63 bits per heavy atom. The number of aromatic nitrogens is 4. The Kier molecular flexibility index (Phi) is 4.11. The number of amides is 1. The lowest BCUT2D eigenvalue weighted by molar-refractivity contribution is -0.106. The van der Waals surface area contributed by atoms with E-state index in [1.54, 1.807) is 6.20 Å². The summed E-state index contributed by atoms with van der Waals surface area (Å²) in [5, 5.41) is 7.77. The predicted octanol–water partition coefficient (Wildman–Crippen LogP) is 0.0269. The number of fused-ring (bicyclic) bond motifs is 1. The number of nitrogens with one attached hydrogen (secondary N) is 1. The first-order valence-corrected chi connectivity index (χ1v) is 6.13. The van der Waals surface area contributed by atoms with E-state index < -0.39 is 0 Å². The molecule has 0 saturated carbocycles. The molecule has 2 aromatic heterocycles. The van der Waals surface area contributed by atoms with E-state index in [-0.39, 0.29) is 6.41 Å². The van der Waals surface area contributed by atoms with Gasteiger partial charge < -0.3 is 16.4 Å². The molecule has 102 valence electrons. The highest BCUT2D eigenvalue weighted by atomic mass is 16.1. The third-order valence-corrected chi connectivity index (χ3v) is 2.96. The van der Waals surface area contributed by atoms with Gasteiger partial charge in [0.1, 0.15) is 5.82 Å². The molecule has 1 saturated heterocycles. The van der Waals surface area contributed by atoms with Crippen molar-refractivity contribution in [3.63, 3.8) is 0 Å². The van der Waals surface area contributed by atoms with Crippen LogP contribution >= 0.6 is 0 Å². The number of carbonyl (C=O) groups is 1. The lowest BCUT2D eigenvalue weighted by atomic mass is 10.1. The molecule has 0 radical (unpaired) electrons. The van der Waals surface area contributed by atoms with Gasteiger partial charge in [-0.1, -0.05) is 0 Å². The largest absolute Gasteiger partial charge is 0.372 e. The molecular formula is C11H17N7O. The summed E-state index contributed by atoms with van der Waals surface area (Å²) in [6, 6.07) is 0. The molecule has 1 amide bonds. The molecule has 1 aliphatic rings. The van der Waals surface area contributed by atoms with Crippen LogP contribution in [0.15, 0.2) is 6.20 Å². The van der Waals surface area contributed by atoms with E-state index in [4.69, 9.17) is 10.5 Å². The summed E-state index contributed by atoms with van der Waals surface area (Å²) in [7, 11) is 0. The van der Waals surface area contributed by atoms with Crippen LogP contribution in [0.5, 0.6) is 0 Å². The fourth-order valence-corrected chi connectivity index (χ4v) is 2.18. The second kappa shape index (κ2) is 5.98. The van der Waals surface area contributed by atoms with E-state index in [2.05, 4.69) is 30.8 Å². The maximum Gasteiger partial charge on any atom is 0.224 e. The van der Waals surface area contributed by atoms with Gasteiger partial charge in [0.05, 0.1) is 11.6 Å². The molecule has 0 aromatic carbocycles. The van der Waals surface area contributed by atoms with Crippen molar-refractivity contribution < 1.29 is 4.79 Å². The standard InChI is InChI=1S/C10H14N6.CH3NO/c11-10-13-8-7(6-12-15-8)9(14-10)16-4-2-1-3-5-16;2-1-3/h6H,1-5H2,(H3,11,12,13,14,15);1H,(H2,2,3). The van der Waals surface area contributed by atoms with Crippen molar-refractivity contribution in [3.05, 3.63) is 6.20 Å². The minimum atomic E-state index is 0.250. The molecule has 1 fully saturated rings. The summed E-state index contributed by atoms with van der Waals surface area (Å²) in [6.45, 7) is 2.08. The minimum absolute atomic E-state index is 0.250. The zero-order valence-corrected chi connectivity index (χ0v) is 10.5. The number of nitrogens with two attached hydrogens (primary N) is 2. The molecule has 0 spiro atoms. The van der Waals surface area contributed by atoms with Gasteiger partial charge in [0.2, 0.25) is 12.4 Å². The van der Waals surface area contributed by atoms with E-state index in [1.165, 1.54) is 19.3 Å². The molecule has 0 bridgehead atoms. The lowest BCUT2D eigenvalue weighted by Gasteiger charge is -2.27. The monoisotopic (exact) mass is 263 g/mol. The van der Waals surface area contributed by atoms with Crippen molar-refractivity contribution in [2.75, 3.05) is 23.7 Å². The van der Waals surface area contributed by atoms with Crippen LogP contribution in [0, 0.1) is 0 Å². The topological polar surface area (TPSA) is 127 Å². The van der Waals surface area contributed by atoms with E-state index in [9.17, 15) is 0 Å². The van der Waals surface area contributed by atoms with Crippen LogP contribution in [-0.2, 0) is 4.79 Å². The summed E-state index contributed by atoms with van der Waals surface area (Å²) in [5.41, 5.74) is 10.6. The Bertz CT molecular complexity index is 547. The van der Waals surface area contributed by atoms with E-state index in [1.807, 2.05) is 0 Å². The average molecular weight is 263 g/mol. The summed E-state index contributed by atoms with van der Waals surface area (Å²) >= 11 is 0. The third-order valence-electron chi connectivity index (χ3n) is 2.96. The van der Waals surface area contributed by atoms with Gasteiger partial charge in [0, 0.05) is 13.1 Å². The van der Waals surface area contributed by atoms with Gasteiger partial charge >= 0.3 is 0 Å². The van der Waals surface area contributed by atoms with Gasteiger partial charge in [-0.2, -0.15) is 15.1 Å². The number of carbonyl (C=O) groups excluding carboxylic acids is 1. The third kappa shape index (κ3) is 2.90. The van der Waals surface area contributed by atoms with Crippen molar-refractivity contribution in [2.24, 2.45) is 5.73 Å². The number of primary amides is 1. The Balaban J connectivity index is 0.000000408. The van der Waals surface area contributed by atoms with Gasteiger partial charge in [-0.05, 0) is 19.3 Å². The van der Waals surface area contributed by atoms with Crippen LogP contribution in [0.3, 0.4) is 0 Å². The number of piperidine rings is 1. The van der Waals surface area contributed by atoms with Gasteiger partial charge in [-0.3, -0.25) is 9.89 Å². The van der Waals surface area contributed by atoms with Crippen molar-refractivity contribution in [1.29, 1.82) is 0 Å². The van der Waals surface area contributed by atoms with Crippen LogP contribution in [-0.4, -0.2) is 39.7 Å². The molecule has 0 aliphatic carbocycles. The van der Waals surface area contributed by atoms with E-state index >= 15 is 0 Å². The van der Waals surface area contributed by atoms with Gasteiger partial charge in [-0.15, -0.1) is 0 Å². The fraction of sp³-hybridized carbons (Fsp3) is 0.455. The first-order valence-electron chi connectivity index (χ1n) is 6.13. The van der Waals surface area contributed by atoms with Crippen molar-refractivity contribution in [2.45, 2.75) is 19.3 Å². The summed E-state index contributed by atoms with van der Waals surface area (Å²) in [6.07, 6.45) is 5.73. The highest BCUT2D eigenvalue weighted by Gasteiger charge is 2.17. The molecule has 3 heterocycles. The van der Waals surface area contributed by atoms with Crippen molar-refractivity contribution >= 4 is 29.2 Å². The summed E-state index contributed by atoms with van der Waals surface area (Å²) < 4.78 is 0. The number of rotatable bonds is 1. The van der Waals surface area contributed by atoms with Gasteiger partial charge in [-0.25, -0.2) is 0 Å². The maximum atomic E-state index is 8.58. The van der Waals surface area contributed by atoms with Crippen molar-refractivity contribution in [3.8, 4) is 0 Å². The SMILES string of the molecule is NC=O.Nc1nc(N2CCCCC2)c2cn[nH]c2n1. The van der Waals surface area contributed by atoms with Gasteiger partial charge in [0.25, 0.3) is 0 Å². The average Bonchev–Trinajstić information content (AvgIpc) is 2.87. The molecular weight excluding hydrogens is 246 g/mol. The number of H-pyrrole nitrogens is 1. The second-order valence-corrected chi connectivity index (χ2v) is 4.22. The summed E-state index contributed by atoms with van der Waals surface area (Å²) in [4.78, 5) is 19.3. The van der Waals surface area contributed by atoms with Crippen LogP contribution in [0.2, 0.25) is 0 Å². The molecule has 1 aliphatic heterocycles. The molecule has 0 unspecified atom stereocenters. The zero-order valence-electron chi connectivity index (χ0n) is 10.5. The van der Waals surface area contributed by atoms with E-state index in [0.717, 1.165) is 24.3 Å². The Morgan fingerprint density at radius 2 is 1.95 bits per heavy atom. The molecule has 0 atom stereocenters. The zero-order chi connectivity index (χ0) is 13.7. The predicted molar refractivity (Wildman–Crippen MR) is 72.4 cm³/mol. The molecule has 8 heteroatoms. The number of hydrogen-bond donors (Lipinski definition) is 3. The number of hydrogen-bond acceptors (Lipinski definition) is 6. The molecule has 2 aromatic rings. The highest BCUT2D eigenvalue weighted by Crippen LogP contribution is 2.25. The Morgan fingerprint density at radius 1 is 1.26 bits per heavy atom. The number of anilines is 2. The first-order chi connectivity index (χ1) is 9.26. The normalized spacial score (nSPS) is 14.8. The minimum Gasteiger partial charge on any atom is -0.372 e. The van der Waals surface area contributed by atoms with Crippen molar-refractivity contribution in [1.82, 2.24) is 20.2 Å². The quantitative estimate of drug-likeness (QED) is 0.623. The first kappa shape index (κ1) is 13.1. The second-order valence-electron chi connectivity index (χ2n) is 4.22. The van der Waals surface area contributed by atoms with E-state index in [0.29, 0.717) is 11.6 Å². The molecule has 8 nitrogen and oxygen atoms in total. The van der Waals surface area contributed by atoms with Crippen LogP contribution in [0.1, 0.15) is 19.3 Å². The summed E-state index contributed by atoms with van der Waals surface area (Å²) in [5.74, 6) is 1.22. The van der Waals surface area contributed by atoms with Crippen LogP contribution in [0.4, 0.5) is 11.8 Å². The molecule has 5 N–H and O–H groups in total. The number of aromatic amines is 1. The fourth-order valence-electron chi connectivity index (χ4n) is 2.18. The molecule has 19 heavy (non-hydrogen) atoms.